The molecule has 0 aromatic heterocycles. The Bertz CT molecular complexity index is 138. The van der Waals surface area contributed by atoms with Gasteiger partial charge in [0, 0.05) is 0 Å². The lowest BCUT2D eigenvalue weighted by molar-refractivity contribution is 0.331. The maximum Gasteiger partial charge on any atom is 0.402 e. The van der Waals surface area contributed by atoms with Crippen LogP contribution < -0.4 is 0 Å². The van der Waals surface area contributed by atoms with Crippen LogP contribution in [-0.2, 0) is 0 Å². The maximum atomic E-state index is 2.45. The lowest BCUT2D eigenvalue weighted by atomic mass is 9.84. The molecule has 0 aromatic carbocycles. The van der Waals surface area contributed by atoms with Crippen LogP contribution in [0.4, 0.5) is 0 Å². The van der Waals surface area contributed by atoms with Gasteiger partial charge in [0.25, 0.3) is 0 Å². The van der Waals surface area contributed by atoms with E-state index in [-0.39, 0.29) is 0 Å². The van der Waals surface area contributed by atoms with Gasteiger partial charge in [-0.15, -0.1) is 0 Å². The lowest BCUT2D eigenvalue weighted by Crippen LogP contribution is -2.60. The molecule has 0 amide bonds. The normalized spacial score (nSPS) is 11.8. The smallest absolute Gasteiger partial charge is 0.317 e. The molecule has 0 fully saturated rings. The predicted molar refractivity (Wildman–Crippen MR) is 74.5 cm³/mol. The Kier molecular flexibility index (Phi) is 8.99. The summed E-state index contributed by atoms with van der Waals surface area (Å²) in [5, 5.41) is 0. The summed E-state index contributed by atoms with van der Waals surface area (Å²) in [5.41, 5.74) is 0. The summed E-state index contributed by atoms with van der Waals surface area (Å²) in [4.78, 5) is 7.35. The molecule has 0 saturated carbocycles. The quantitative estimate of drug-likeness (QED) is 0.558. The van der Waals surface area contributed by atoms with Crippen molar-refractivity contribution >= 4 is 7.12 Å². The van der Waals surface area contributed by atoms with Gasteiger partial charge in [-0.3, -0.25) is 0 Å². The van der Waals surface area contributed by atoms with E-state index in [9.17, 15) is 0 Å². The molecule has 0 bridgehead atoms. The zero-order valence-corrected chi connectivity index (χ0v) is 12.2. The molecule has 16 heavy (non-hydrogen) atoms. The molecule has 0 radical (unpaired) electrons. The minimum atomic E-state index is 0.444. The van der Waals surface area contributed by atoms with E-state index in [0.717, 1.165) is 19.6 Å². The van der Waals surface area contributed by atoms with E-state index >= 15 is 0 Å². The molecule has 0 unspecified atom stereocenters. The Morgan fingerprint density at radius 2 is 0.875 bits per heavy atom. The minimum Gasteiger partial charge on any atom is -0.317 e. The van der Waals surface area contributed by atoms with Crippen LogP contribution in [0.5, 0.6) is 0 Å². The fourth-order valence-electron chi connectivity index (χ4n) is 2.41. The summed E-state index contributed by atoms with van der Waals surface area (Å²) >= 11 is 0. The highest BCUT2D eigenvalue weighted by Gasteiger charge is 2.29. The first-order chi connectivity index (χ1) is 7.58. The Morgan fingerprint density at radius 3 is 1.06 bits per heavy atom. The lowest BCUT2D eigenvalue weighted by Gasteiger charge is -2.37. The van der Waals surface area contributed by atoms with Crippen LogP contribution >= 0.6 is 0 Å². The highest BCUT2D eigenvalue weighted by Crippen LogP contribution is 2.04. The van der Waals surface area contributed by atoms with Gasteiger partial charge in [0.1, 0.15) is 0 Å². The van der Waals surface area contributed by atoms with Crippen molar-refractivity contribution in [1.29, 1.82) is 0 Å². The average molecular weight is 227 g/mol. The summed E-state index contributed by atoms with van der Waals surface area (Å²) in [6.07, 6.45) is 3.65. The molecule has 0 aromatic rings. The van der Waals surface area contributed by atoms with E-state index < -0.39 is 0 Å². The van der Waals surface area contributed by atoms with Crippen molar-refractivity contribution < 1.29 is 0 Å². The van der Waals surface area contributed by atoms with E-state index in [4.69, 9.17) is 0 Å². The van der Waals surface area contributed by atoms with Crippen molar-refractivity contribution in [3.63, 3.8) is 0 Å². The fourth-order valence-corrected chi connectivity index (χ4v) is 2.41. The molecular weight excluding hydrogens is 197 g/mol. The molecule has 0 aliphatic carbocycles. The van der Waals surface area contributed by atoms with Gasteiger partial charge in [0.15, 0.2) is 0 Å². The molecule has 0 aliphatic rings. The highest BCUT2D eigenvalue weighted by atomic mass is 15.3. The minimum absolute atomic E-state index is 0.444. The van der Waals surface area contributed by atoms with Crippen LogP contribution in [0.3, 0.4) is 0 Å². The van der Waals surface area contributed by atoms with Crippen molar-refractivity contribution in [1.82, 2.24) is 14.4 Å². The van der Waals surface area contributed by atoms with Gasteiger partial charge < -0.3 is 14.4 Å². The molecule has 0 heterocycles. The molecule has 0 saturated heterocycles. The second-order valence-corrected chi connectivity index (χ2v) is 4.79. The van der Waals surface area contributed by atoms with Gasteiger partial charge in [0.2, 0.25) is 0 Å². The highest BCUT2D eigenvalue weighted by molar-refractivity contribution is 6.49. The molecular formula is C12H30BN3. The van der Waals surface area contributed by atoms with E-state index in [1.54, 1.807) is 0 Å². The average Bonchev–Trinajstić information content (AvgIpc) is 2.19. The Morgan fingerprint density at radius 1 is 0.625 bits per heavy atom. The first-order valence-corrected chi connectivity index (χ1v) is 6.69. The topological polar surface area (TPSA) is 9.72 Å². The third-order valence-electron chi connectivity index (χ3n) is 2.91. The van der Waals surface area contributed by atoms with Crippen molar-refractivity contribution in [3.05, 3.63) is 0 Å². The van der Waals surface area contributed by atoms with Crippen molar-refractivity contribution in [3.8, 4) is 0 Å². The summed E-state index contributed by atoms with van der Waals surface area (Å²) in [7, 11) is 7.13. The Balaban J connectivity index is 4.47. The summed E-state index contributed by atoms with van der Waals surface area (Å²) in [6.45, 7) is 10.2. The molecule has 96 valence electrons. The van der Waals surface area contributed by atoms with Gasteiger partial charge in [-0.25, -0.2) is 0 Å². The zero-order chi connectivity index (χ0) is 12.6. The first kappa shape index (κ1) is 15.9. The van der Waals surface area contributed by atoms with Crippen molar-refractivity contribution in [2.24, 2.45) is 0 Å². The Labute approximate surface area is 103 Å². The second kappa shape index (κ2) is 9.02. The van der Waals surface area contributed by atoms with Crippen LogP contribution in [0.2, 0.25) is 0 Å². The molecule has 4 heteroatoms. The molecule has 0 rings (SSSR count). The number of hydrogen-bond acceptors (Lipinski definition) is 3. The largest absolute Gasteiger partial charge is 0.402 e. The number of rotatable bonds is 9. The van der Waals surface area contributed by atoms with Crippen LogP contribution in [0.25, 0.3) is 0 Å². The van der Waals surface area contributed by atoms with E-state index in [1.165, 1.54) is 19.3 Å². The summed E-state index contributed by atoms with van der Waals surface area (Å²) in [5.74, 6) is 0. The zero-order valence-electron chi connectivity index (χ0n) is 12.2. The van der Waals surface area contributed by atoms with Crippen LogP contribution in [-0.4, -0.2) is 62.3 Å². The van der Waals surface area contributed by atoms with Gasteiger partial charge in [0.05, 0.1) is 0 Å². The molecule has 0 N–H and O–H groups in total. The van der Waals surface area contributed by atoms with Gasteiger partial charge >= 0.3 is 7.12 Å². The van der Waals surface area contributed by atoms with E-state index in [2.05, 4.69) is 56.3 Å². The van der Waals surface area contributed by atoms with E-state index in [0.29, 0.717) is 7.12 Å². The van der Waals surface area contributed by atoms with Crippen LogP contribution in [0.15, 0.2) is 0 Å². The molecule has 3 nitrogen and oxygen atoms in total. The standard InChI is InChI=1S/C12H30BN3/c1-7-10-14(4)13(15(5)11-8-2)16(6)12-9-3/h7-12H2,1-6H3. The molecule has 0 spiro atoms. The number of hydrogen-bond donors (Lipinski definition) is 0. The second-order valence-electron chi connectivity index (χ2n) is 4.79. The van der Waals surface area contributed by atoms with Crippen molar-refractivity contribution in [2.45, 2.75) is 40.0 Å². The first-order valence-electron chi connectivity index (χ1n) is 6.69. The van der Waals surface area contributed by atoms with Crippen molar-refractivity contribution in [2.75, 3.05) is 40.8 Å². The third kappa shape index (κ3) is 5.33. The Hall–Kier alpha value is -0.0551. The fraction of sp³-hybridized carbons (Fsp3) is 1.00. The van der Waals surface area contributed by atoms with Gasteiger partial charge in [-0.2, -0.15) is 0 Å². The third-order valence-corrected chi connectivity index (χ3v) is 2.91. The van der Waals surface area contributed by atoms with Crippen LogP contribution in [0.1, 0.15) is 40.0 Å². The monoisotopic (exact) mass is 227 g/mol. The number of nitrogens with zero attached hydrogens (tertiary/aromatic N) is 3. The maximum absolute atomic E-state index is 2.45. The molecule has 0 aliphatic heterocycles. The van der Waals surface area contributed by atoms with E-state index in [1.807, 2.05) is 0 Å². The predicted octanol–water partition coefficient (Wildman–Crippen LogP) is 2.00. The molecule has 0 atom stereocenters. The SMILES string of the molecule is CCCN(C)B(N(C)CCC)N(C)CCC. The van der Waals surface area contributed by atoms with Gasteiger partial charge in [-0.1, -0.05) is 20.8 Å². The van der Waals surface area contributed by atoms with Gasteiger partial charge in [-0.05, 0) is 60.0 Å². The van der Waals surface area contributed by atoms with Crippen LogP contribution in [0, 0.1) is 0 Å². The summed E-state index contributed by atoms with van der Waals surface area (Å²) in [6, 6.07) is 0. The summed E-state index contributed by atoms with van der Waals surface area (Å²) < 4.78 is 0.